The molecule has 0 saturated carbocycles. The molecule has 0 heterocycles. The number of hydrogen-bond acceptors (Lipinski definition) is 1. The minimum Gasteiger partial charge on any atom is -0.303 e. The molecule has 1 heteroatoms. The van der Waals surface area contributed by atoms with Crippen LogP contribution in [0.2, 0.25) is 0 Å². The van der Waals surface area contributed by atoms with E-state index < -0.39 is 0 Å². The molecule has 0 N–H and O–H groups in total. The maximum Gasteiger partial charge on any atom is 0.120 e. The van der Waals surface area contributed by atoms with Gasteiger partial charge in [0.05, 0.1) is 0 Å². The van der Waals surface area contributed by atoms with E-state index in [0.29, 0.717) is 12.3 Å². The molecule has 0 aliphatic heterocycles. The van der Waals surface area contributed by atoms with E-state index in [4.69, 9.17) is 0 Å². The van der Waals surface area contributed by atoms with Crippen LogP contribution in [0.3, 0.4) is 0 Å². The average Bonchev–Trinajstić information content (AvgIpc) is 2.25. The van der Waals surface area contributed by atoms with Gasteiger partial charge in [0.1, 0.15) is 6.29 Å². The van der Waals surface area contributed by atoms with Crippen molar-refractivity contribution in [3.63, 3.8) is 0 Å². The van der Waals surface area contributed by atoms with Crippen LogP contribution < -0.4 is 0 Å². The Hall–Kier alpha value is -1.37. The first-order valence-electron chi connectivity index (χ1n) is 4.97. The van der Waals surface area contributed by atoms with E-state index in [2.05, 4.69) is 18.7 Å². The quantitative estimate of drug-likeness (QED) is 0.495. The van der Waals surface area contributed by atoms with E-state index >= 15 is 0 Å². The Morgan fingerprint density at radius 2 is 2.00 bits per heavy atom. The first-order chi connectivity index (χ1) is 6.86. The number of aryl methyl sites for hydroxylation is 1. The van der Waals surface area contributed by atoms with Crippen molar-refractivity contribution < 1.29 is 4.79 Å². The second-order valence-corrected chi connectivity index (χ2v) is 3.42. The predicted octanol–water partition coefficient (Wildman–Crippen LogP) is 3.01. The van der Waals surface area contributed by atoms with Crippen molar-refractivity contribution >= 4 is 6.29 Å². The molecule has 14 heavy (non-hydrogen) atoms. The first kappa shape index (κ1) is 10.7. The van der Waals surface area contributed by atoms with Crippen LogP contribution in [0.1, 0.15) is 18.4 Å². The van der Waals surface area contributed by atoms with Gasteiger partial charge in [0.15, 0.2) is 0 Å². The van der Waals surface area contributed by atoms with Crippen molar-refractivity contribution in [2.45, 2.75) is 19.3 Å². The van der Waals surface area contributed by atoms with Crippen molar-refractivity contribution in [2.24, 2.45) is 5.92 Å². The molecule has 74 valence electrons. The monoisotopic (exact) mass is 188 g/mol. The van der Waals surface area contributed by atoms with Crippen LogP contribution in [0.25, 0.3) is 0 Å². The topological polar surface area (TPSA) is 17.1 Å². The summed E-state index contributed by atoms with van der Waals surface area (Å²) in [5.41, 5.74) is 1.32. The summed E-state index contributed by atoms with van der Waals surface area (Å²) in [7, 11) is 0. The third kappa shape index (κ3) is 3.56. The van der Waals surface area contributed by atoms with Crippen molar-refractivity contribution in [1.29, 1.82) is 0 Å². The molecule has 1 atom stereocenters. The molecule has 0 spiro atoms. The molecule has 1 nitrogen and oxygen atoms in total. The Morgan fingerprint density at radius 1 is 1.29 bits per heavy atom. The zero-order chi connectivity index (χ0) is 10.2. The number of benzene rings is 1. The zero-order valence-corrected chi connectivity index (χ0v) is 8.36. The Bertz CT molecular complexity index is 277. The molecule has 0 bridgehead atoms. The van der Waals surface area contributed by atoms with Crippen molar-refractivity contribution in [3.8, 4) is 0 Å². The Balaban J connectivity index is 2.39. The van der Waals surface area contributed by atoms with Crippen molar-refractivity contribution in [2.75, 3.05) is 0 Å². The smallest absolute Gasteiger partial charge is 0.120 e. The van der Waals surface area contributed by atoms with E-state index in [9.17, 15) is 4.79 Å². The van der Waals surface area contributed by atoms with Gasteiger partial charge in [-0.1, -0.05) is 36.4 Å². The third-order valence-electron chi connectivity index (χ3n) is 2.38. The van der Waals surface area contributed by atoms with Gasteiger partial charge in [-0.05, 0) is 24.3 Å². The highest BCUT2D eigenvalue weighted by molar-refractivity contribution is 5.50. The van der Waals surface area contributed by atoms with Gasteiger partial charge in [0, 0.05) is 6.42 Å². The number of rotatable bonds is 6. The Kier molecular flexibility index (Phi) is 4.70. The molecule has 0 saturated heterocycles. The standard InChI is InChI=1S/C13H16O/c1-2-12(10-11-14)8-9-13-6-4-3-5-7-13/h2-7,11-12H,1,8-10H2/t12-/m1/s1. The highest BCUT2D eigenvalue weighted by Crippen LogP contribution is 2.12. The molecule has 0 fully saturated rings. The van der Waals surface area contributed by atoms with Crippen molar-refractivity contribution in [3.05, 3.63) is 48.6 Å². The van der Waals surface area contributed by atoms with E-state index in [1.54, 1.807) is 0 Å². The number of hydrogen-bond donors (Lipinski definition) is 0. The molecule has 1 aromatic rings. The van der Waals surface area contributed by atoms with Crippen LogP contribution in [0.4, 0.5) is 0 Å². The maximum absolute atomic E-state index is 10.3. The fourth-order valence-electron chi connectivity index (χ4n) is 1.45. The van der Waals surface area contributed by atoms with Gasteiger partial charge in [-0.2, -0.15) is 0 Å². The first-order valence-corrected chi connectivity index (χ1v) is 4.97. The average molecular weight is 188 g/mol. The molecule has 1 aromatic carbocycles. The molecule has 0 radical (unpaired) electrons. The number of carbonyl (C=O) groups is 1. The van der Waals surface area contributed by atoms with Crippen LogP contribution in [-0.4, -0.2) is 6.29 Å². The molecular weight excluding hydrogens is 172 g/mol. The lowest BCUT2D eigenvalue weighted by atomic mass is 9.97. The van der Waals surface area contributed by atoms with Gasteiger partial charge in [-0.3, -0.25) is 0 Å². The molecular formula is C13H16O. The van der Waals surface area contributed by atoms with Crippen LogP contribution >= 0.6 is 0 Å². The lowest BCUT2D eigenvalue weighted by Gasteiger charge is -2.07. The van der Waals surface area contributed by atoms with Gasteiger partial charge in [-0.25, -0.2) is 0 Å². The summed E-state index contributed by atoms with van der Waals surface area (Å²) in [5, 5.41) is 0. The fraction of sp³-hybridized carbons (Fsp3) is 0.308. The summed E-state index contributed by atoms with van der Waals surface area (Å²) in [6.07, 6.45) is 5.46. The van der Waals surface area contributed by atoms with Crippen LogP contribution in [0.5, 0.6) is 0 Å². The zero-order valence-electron chi connectivity index (χ0n) is 8.36. The van der Waals surface area contributed by atoms with Crippen LogP contribution in [-0.2, 0) is 11.2 Å². The van der Waals surface area contributed by atoms with E-state index in [1.165, 1.54) is 5.56 Å². The molecule has 0 aromatic heterocycles. The largest absolute Gasteiger partial charge is 0.303 e. The summed E-state index contributed by atoms with van der Waals surface area (Å²) in [6.45, 7) is 3.73. The number of allylic oxidation sites excluding steroid dienone is 1. The Morgan fingerprint density at radius 3 is 2.57 bits per heavy atom. The van der Waals surface area contributed by atoms with Crippen molar-refractivity contribution in [1.82, 2.24) is 0 Å². The lowest BCUT2D eigenvalue weighted by Crippen LogP contribution is -1.99. The number of aldehydes is 1. The lowest BCUT2D eigenvalue weighted by molar-refractivity contribution is -0.108. The summed E-state index contributed by atoms with van der Waals surface area (Å²) in [6, 6.07) is 10.3. The van der Waals surface area contributed by atoms with Gasteiger partial charge in [0.25, 0.3) is 0 Å². The van der Waals surface area contributed by atoms with Gasteiger partial charge >= 0.3 is 0 Å². The van der Waals surface area contributed by atoms with E-state index in [1.807, 2.05) is 24.3 Å². The predicted molar refractivity (Wildman–Crippen MR) is 59.1 cm³/mol. The van der Waals surface area contributed by atoms with E-state index in [-0.39, 0.29) is 0 Å². The third-order valence-corrected chi connectivity index (χ3v) is 2.38. The maximum atomic E-state index is 10.3. The number of carbonyl (C=O) groups excluding carboxylic acids is 1. The van der Waals surface area contributed by atoms with Crippen LogP contribution in [0, 0.1) is 5.92 Å². The summed E-state index contributed by atoms with van der Waals surface area (Å²) in [4.78, 5) is 10.3. The summed E-state index contributed by atoms with van der Waals surface area (Å²) in [5.74, 6) is 0.327. The van der Waals surface area contributed by atoms with Crippen LogP contribution in [0.15, 0.2) is 43.0 Å². The second kappa shape index (κ2) is 6.14. The second-order valence-electron chi connectivity index (χ2n) is 3.42. The molecule has 0 aliphatic rings. The van der Waals surface area contributed by atoms with E-state index in [0.717, 1.165) is 19.1 Å². The fourth-order valence-corrected chi connectivity index (χ4v) is 1.45. The Labute approximate surface area is 85.5 Å². The minimum atomic E-state index is 0.327. The summed E-state index contributed by atoms with van der Waals surface area (Å²) >= 11 is 0. The minimum absolute atomic E-state index is 0.327. The molecule has 0 amide bonds. The highest BCUT2D eigenvalue weighted by Gasteiger charge is 2.03. The molecule has 1 rings (SSSR count). The normalized spacial score (nSPS) is 12.0. The summed E-state index contributed by atoms with van der Waals surface area (Å²) < 4.78 is 0. The molecule has 0 aliphatic carbocycles. The van der Waals surface area contributed by atoms with Gasteiger partial charge < -0.3 is 4.79 Å². The van der Waals surface area contributed by atoms with Gasteiger partial charge in [-0.15, -0.1) is 6.58 Å². The molecule has 0 unspecified atom stereocenters. The van der Waals surface area contributed by atoms with Gasteiger partial charge in [0.2, 0.25) is 0 Å². The SMILES string of the molecule is C=C[C@@H](CC=O)CCc1ccccc1. The highest BCUT2D eigenvalue weighted by atomic mass is 16.1.